The third-order valence-corrected chi connectivity index (χ3v) is 1.34. The predicted molar refractivity (Wildman–Crippen MR) is 44.7 cm³/mol. The molecule has 0 saturated carbocycles. The van der Waals surface area contributed by atoms with Crippen molar-refractivity contribution in [3.63, 3.8) is 0 Å². The first kappa shape index (κ1) is 8.89. The first-order valence-electron chi connectivity index (χ1n) is 3.38. The number of phenolic OH excluding ortho intramolecular Hbond substituents is 1. The van der Waals surface area contributed by atoms with Crippen molar-refractivity contribution in [1.29, 1.82) is 0 Å². The van der Waals surface area contributed by atoms with E-state index in [9.17, 15) is 9.90 Å². The Morgan fingerprint density at radius 3 is 2.85 bits per heavy atom. The van der Waals surface area contributed by atoms with Crippen molar-refractivity contribution >= 4 is 5.91 Å². The number of phenols is 1. The van der Waals surface area contributed by atoms with Crippen LogP contribution in [-0.4, -0.2) is 11.0 Å². The molecule has 0 aliphatic carbocycles. The highest BCUT2D eigenvalue weighted by atomic mass is 16.3. The van der Waals surface area contributed by atoms with Gasteiger partial charge in [0.2, 0.25) is 0 Å². The van der Waals surface area contributed by atoms with Gasteiger partial charge in [0.05, 0.1) is 0 Å². The van der Waals surface area contributed by atoms with Gasteiger partial charge in [-0.2, -0.15) is 10.3 Å². The Balaban J connectivity index is 2.88. The van der Waals surface area contributed by atoms with Gasteiger partial charge < -0.3 is 5.11 Å². The zero-order valence-corrected chi connectivity index (χ0v) is 6.51. The van der Waals surface area contributed by atoms with Gasteiger partial charge in [0.25, 0.3) is 0 Å². The molecule has 0 radical (unpaired) electrons. The molecule has 0 atom stereocenters. The number of para-hydroxylation sites is 1. The van der Waals surface area contributed by atoms with Crippen LogP contribution in [0, 0.1) is 0 Å². The lowest BCUT2D eigenvalue weighted by atomic mass is 10.2. The van der Waals surface area contributed by atoms with Gasteiger partial charge in [-0.05, 0) is 17.4 Å². The molecule has 1 aromatic carbocycles. The maximum absolute atomic E-state index is 11.1. The second-order valence-corrected chi connectivity index (χ2v) is 2.15. The summed E-state index contributed by atoms with van der Waals surface area (Å²) in [5, 5.41) is 12.0. The second kappa shape index (κ2) is 3.99. The van der Waals surface area contributed by atoms with Crippen LogP contribution in [0.5, 0.6) is 5.75 Å². The van der Waals surface area contributed by atoms with E-state index in [0.29, 0.717) is 0 Å². The molecule has 6 nitrogen and oxygen atoms in total. The zero-order valence-electron chi connectivity index (χ0n) is 6.51. The fraction of sp³-hybridized carbons (Fsp3) is 0. The SMILES string of the molecule is [N-]=[N+]=NNC(=O)c1ccccc1O. The van der Waals surface area contributed by atoms with E-state index in [1.54, 1.807) is 12.1 Å². The van der Waals surface area contributed by atoms with Gasteiger partial charge in [0, 0.05) is 0 Å². The summed E-state index contributed by atoms with van der Waals surface area (Å²) in [5.41, 5.74) is 9.88. The summed E-state index contributed by atoms with van der Waals surface area (Å²) in [4.78, 5) is 13.4. The summed E-state index contributed by atoms with van der Waals surface area (Å²) in [6, 6.07) is 5.95. The van der Waals surface area contributed by atoms with Crippen molar-refractivity contribution in [3.8, 4) is 5.75 Å². The number of nitrogens with one attached hydrogen (secondary N) is 1. The van der Waals surface area contributed by atoms with Gasteiger partial charge in [-0.3, -0.25) is 0 Å². The van der Waals surface area contributed by atoms with E-state index in [-0.39, 0.29) is 11.3 Å². The van der Waals surface area contributed by atoms with Gasteiger partial charge in [-0.15, -0.1) is 5.53 Å². The Morgan fingerprint density at radius 2 is 2.23 bits per heavy atom. The minimum absolute atomic E-state index is 0.0647. The Morgan fingerprint density at radius 1 is 1.54 bits per heavy atom. The molecule has 1 aromatic rings. The second-order valence-electron chi connectivity index (χ2n) is 2.15. The van der Waals surface area contributed by atoms with E-state index < -0.39 is 5.91 Å². The molecule has 0 saturated heterocycles. The zero-order chi connectivity index (χ0) is 9.68. The standard InChI is InChI=1S/C7H6N4O2/c8-10-11-9-7(13)5-3-1-2-4-6(5)12/h1-4,12H,(H,9,13). The summed E-state index contributed by atoms with van der Waals surface area (Å²) in [6.07, 6.45) is 0. The molecule has 0 aliphatic rings. The highest BCUT2D eigenvalue weighted by Crippen LogP contribution is 2.14. The summed E-state index contributed by atoms with van der Waals surface area (Å²) >= 11 is 0. The molecule has 0 unspecified atom stereocenters. The summed E-state index contributed by atoms with van der Waals surface area (Å²) < 4.78 is 0. The molecular formula is C7H6N4O2. The molecule has 1 rings (SSSR count). The molecular weight excluding hydrogens is 172 g/mol. The van der Waals surface area contributed by atoms with E-state index in [4.69, 9.17) is 5.53 Å². The van der Waals surface area contributed by atoms with E-state index >= 15 is 0 Å². The summed E-state index contributed by atoms with van der Waals surface area (Å²) in [5.74, 6) is -0.802. The monoisotopic (exact) mass is 178 g/mol. The summed E-state index contributed by atoms with van der Waals surface area (Å²) in [6.45, 7) is 0. The quantitative estimate of drug-likeness (QED) is 0.309. The lowest BCUT2D eigenvalue weighted by Gasteiger charge is -1.97. The van der Waals surface area contributed by atoms with Crippen molar-refractivity contribution in [2.45, 2.75) is 0 Å². The molecule has 1 amide bonds. The normalized spacial score (nSPS) is 8.62. The molecule has 2 N–H and O–H groups in total. The van der Waals surface area contributed by atoms with E-state index in [1.165, 1.54) is 12.1 Å². The Bertz CT molecular complexity index is 371. The first-order chi connectivity index (χ1) is 6.25. The number of nitrogens with zero attached hydrogens (tertiary/aromatic N) is 3. The largest absolute Gasteiger partial charge is 0.507 e. The van der Waals surface area contributed by atoms with Crippen LogP contribution in [0.2, 0.25) is 0 Å². The first-order valence-corrected chi connectivity index (χ1v) is 3.38. The van der Waals surface area contributed by atoms with Gasteiger partial charge in [0.1, 0.15) is 11.3 Å². The number of carbonyl (C=O) groups is 1. The molecule has 0 aliphatic heterocycles. The number of carbonyl (C=O) groups excluding carboxylic acids is 1. The number of amides is 1. The maximum Gasteiger partial charge on any atom is 0.345 e. The molecule has 0 bridgehead atoms. The van der Waals surface area contributed by atoms with E-state index in [2.05, 4.69) is 10.1 Å². The maximum atomic E-state index is 11.1. The van der Waals surface area contributed by atoms with Crippen LogP contribution >= 0.6 is 0 Å². The molecule has 0 heterocycles. The predicted octanol–water partition coefficient (Wildman–Crippen LogP) is 1.35. The minimum Gasteiger partial charge on any atom is -0.507 e. The van der Waals surface area contributed by atoms with Crippen LogP contribution < -0.4 is 5.43 Å². The number of rotatable bonds is 2. The van der Waals surface area contributed by atoms with Crippen LogP contribution in [0.3, 0.4) is 0 Å². The number of benzene rings is 1. The Kier molecular flexibility index (Phi) is 2.73. The lowest BCUT2D eigenvalue weighted by molar-refractivity contribution is 0.0951. The van der Waals surface area contributed by atoms with Crippen LogP contribution in [-0.2, 0) is 0 Å². The molecule has 0 spiro atoms. The minimum atomic E-state index is -0.643. The molecule has 6 heteroatoms. The van der Waals surface area contributed by atoms with Crippen molar-refractivity contribution in [1.82, 2.24) is 5.43 Å². The Hall–Kier alpha value is -2.20. The third-order valence-electron chi connectivity index (χ3n) is 1.34. The van der Waals surface area contributed by atoms with Crippen LogP contribution in [0.1, 0.15) is 10.4 Å². The van der Waals surface area contributed by atoms with Crippen molar-refractivity contribution < 1.29 is 9.90 Å². The van der Waals surface area contributed by atoms with Crippen molar-refractivity contribution in [2.75, 3.05) is 0 Å². The van der Waals surface area contributed by atoms with Gasteiger partial charge in [-0.25, -0.2) is 4.79 Å². The number of hydrogen-bond acceptors (Lipinski definition) is 3. The van der Waals surface area contributed by atoms with Gasteiger partial charge in [-0.1, -0.05) is 12.1 Å². The fourth-order valence-electron chi connectivity index (χ4n) is 0.794. The lowest BCUT2D eigenvalue weighted by Crippen LogP contribution is -2.16. The van der Waals surface area contributed by atoms with Gasteiger partial charge >= 0.3 is 5.91 Å². The third kappa shape index (κ3) is 2.11. The highest BCUT2D eigenvalue weighted by molar-refractivity contribution is 5.96. The van der Waals surface area contributed by atoms with E-state index in [1.807, 2.05) is 5.43 Å². The van der Waals surface area contributed by atoms with Crippen LogP contribution in [0.4, 0.5) is 0 Å². The number of aromatic hydroxyl groups is 1. The smallest absolute Gasteiger partial charge is 0.345 e. The number of hydrogen-bond donors (Lipinski definition) is 2. The fourth-order valence-corrected chi connectivity index (χ4v) is 0.794. The van der Waals surface area contributed by atoms with Crippen LogP contribution in [0.15, 0.2) is 29.5 Å². The Labute approximate surface area is 73.4 Å². The van der Waals surface area contributed by atoms with Crippen molar-refractivity contribution in [2.24, 2.45) is 5.22 Å². The molecule has 66 valence electrons. The summed E-state index contributed by atoms with van der Waals surface area (Å²) in [7, 11) is 0. The molecule has 0 fully saturated rings. The van der Waals surface area contributed by atoms with Gasteiger partial charge in [0.15, 0.2) is 0 Å². The highest BCUT2D eigenvalue weighted by Gasteiger charge is 2.11. The number of azide groups is 1. The van der Waals surface area contributed by atoms with Crippen molar-refractivity contribution in [3.05, 3.63) is 40.3 Å². The topological polar surface area (TPSA) is 98.1 Å². The average Bonchev–Trinajstić information content (AvgIpc) is 2.15. The molecule has 0 aromatic heterocycles. The average molecular weight is 178 g/mol. The van der Waals surface area contributed by atoms with E-state index in [0.717, 1.165) is 0 Å². The van der Waals surface area contributed by atoms with Crippen LogP contribution in [0.25, 0.3) is 10.4 Å². The molecule has 13 heavy (non-hydrogen) atoms.